The van der Waals surface area contributed by atoms with Gasteiger partial charge in [-0.2, -0.15) is 0 Å². The topological polar surface area (TPSA) is 99.8 Å². The van der Waals surface area contributed by atoms with Crippen LogP contribution in [0.25, 0.3) is 0 Å². The van der Waals surface area contributed by atoms with Gasteiger partial charge in [-0.25, -0.2) is 4.98 Å². The van der Waals surface area contributed by atoms with Crippen LogP contribution in [0, 0.1) is 5.92 Å². The number of nitrogens with zero attached hydrogens (tertiary/aromatic N) is 2. The molecule has 0 fully saturated rings. The van der Waals surface area contributed by atoms with E-state index in [1.54, 1.807) is 0 Å². The molecule has 1 rings (SSSR count). The summed E-state index contributed by atoms with van der Waals surface area (Å²) in [6, 6.07) is 0. The Kier molecular flexibility index (Phi) is 6.14. The maximum absolute atomic E-state index is 11.7. The number of carbonyl (C=O) groups is 2. The number of nitrogens with one attached hydrogen (secondary N) is 3. The molecule has 20 heavy (non-hydrogen) atoms. The van der Waals surface area contributed by atoms with Crippen molar-refractivity contribution in [1.82, 2.24) is 25.8 Å². The van der Waals surface area contributed by atoms with E-state index in [0.717, 1.165) is 0 Å². The number of hydrogen-bond acceptors (Lipinski definition) is 4. The highest BCUT2D eigenvalue weighted by Crippen LogP contribution is 2.07. The zero-order valence-corrected chi connectivity index (χ0v) is 12.5. The van der Waals surface area contributed by atoms with E-state index in [1.807, 2.05) is 27.7 Å². The van der Waals surface area contributed by atoms with Crippen molar-refractivity contribution < 1.29 is 9.59 Å². The van der Waals surface area contributed by atoms with E-state index in [-0.39, 0.29) is 36.5 Å². The monoisotopic (exact) mass is 281 g/mol. The summed E-state index contributed by atoms with van der Waals surface area (Å²) in [6.45, 7) is 8.89. The second kappa shape index (κ2) is 7.62. The molecular formula is C13H23N5O2. The van der Waals surface area contributed by atoms with Crippen molar-refractivity contribution in [3.8, 4) is 0 Å². The number of rotatable bonds is 7. The highest BCUT2D eigenvalue weighted by Gasteiger charge is 2.13. The summed E-state index contributed by atoms with van der Waals surface area (Å²) in [5, 5.41) is 12.0. The van der Waals surface area contributed by atoms with Crippen LogP contribution in [-0.4, -0.2) is 40.1 Å². The maximum atomic E-state index is 11.7. The Bertz CT molecular complexity index is 453. The average Bonchev–Trinajstić information content (AvgIpc) is 2.86. The Hall–Kier alpha value is -1.92. The molecule has 2 amide bonds. The molecule has 0 radical (unpaired) electrons. The van der Waals surface area contributed by atoms with Gasteiger partial charge in [0.1, 0.15) is 5.82 Å². The molecular weight excluding hydrogens is 258 g/mol. The number of hydrogen-bond donors (Lipinski definition) is 3. The van der Waals surface area contributed by atoms with Crippen LogP contribution < -0.4 is 10.6 Å². The van der Waals surface area contributed by atoms with Crippen LogP contribution in [0.2, 0.25) is 0 Å². The summed E-state index contributed by atoms with van der Waals surface area (Å²) in [4.78, 5) is 27.3. The van der Waals surface area contributed by atoms with Crippen LogP contribution in [-0.2, 0) is 4.79 Å². The molecule has 0 aliphatic heterocycles. The van der Waals surface area contributed by atoms with Crippen molar-refractivity contribution in [2.75, 3.05) is 13.1 Å². The molecule has 0 unspecified atom stereocenters. The Morgan fingerprint density at radius 2 is 1.90 bits per heavy atom. The second-order valence-corrected chi connectivity index (χ2v) is 5.40. The summed E-state index contributed by atoms with van der Waals surface area (Å²) >= 11 is 0. The van der Waals surface area contributed by atoms with Crippen molar-refractivity contribution in [3.05, 3.63) is 11.6 Å². The van der Waals surface area contributed by atoms with Crippen molar-refractivity contribution in [2.24, 2.45) is 5.92 Å². The Labute approximate surface area is 118 Å². The highest BCUT2D eigenvalue weighted by atomic mass is 16.2. The third-order valence-electron chi connectivity index (χ3n) is 2.60. The minimum Gasteiger partial charge on any atom is -0.356 e. The average molecular weight is 281 g/mol. The van der Waals surface area contributed by atoms with Crippen LogP contribution in [0.5, 0.6) is 0 Å². The molecule has 0 atom stereocenters. The summed E-state index contributed by atoms with van der Waals surface area (Å²) in [7, 11) is 0. The first-order valence-electron chi connectivity index (χ1n) is 6.87. The molecule has 0 saturated carbocycles. The first-order chi connectivity index (χ1) is 9.40. The van der Waals surface area contributed by atoms with E-state index in [1.165, 1.54) is 0 Å². The van der Waals surface area contributed by atoms with E-state index in [0.29, 0.717) is 18.3 Å². The van der Waals surface area contributed by atoms with Crippen molar-refractivity contribution in [1.29, 1.82) is 0 Å². The Morgan fingerprint density at radius 1 is 1.20 bits per heavy atom. The molecule has 0 aliphatic rings. The molecule has 0 saturated heterocycles. The Morgan fingerprint density at radius 3 is 2.45 bits per heavy atom. The summed E-state index contributed by atoms with van der Waals surface area (Å²) in [5.41, 5.74) is 0. The molecule has 1 aromatic rings. The zero-order valence-electron chi connectivity index (χ0n) is 12.5. The van der Waals surface area contributed by atoms with Crippen LogP contribution >= 0.6 is 0 Å². The smallest absolute Gasteiger partial charge is 0.290 e. The first-order valence-corrected chi connectivity index (χ1v) is 6.87. The largest absolute Gasteiger partial charge is 0.356 e. The van der Waals surface area contributed by atoms with Gasteiger partial charge in [0.2, 0.25) is 11.7 Å². The number of aromatic amines is 1. The van der Waals surface area contributed by atoms with Gasteiger partial charge in [0, 0.05) is 25.4 Å². The fourth-order valence-electron chi connectivity index (χ4n) is 1.41. The van der Waals surface area contributed by atoms with Crippen molar-refractivity contribution in [2.45, 2.75) is 40.0 Å². The van der Waals surface area contributed by atoms with Gasteiger partial charge in [-0.05, 0) is 5.92 Å². The first kappa shape index (κ1) is 16.1. The van der Waals surface area contributed by atoms with Crippen LogP contribution in [0.3, 0.4) is 0 Å². The van der Waals surface area contributed by atoms with Gasteiger partial charge in [-0.15, -0.1) is 5.10 Å². The lowest BCUT2D eigenvalue weighted by Crippen LogP contribution is -2.32. The van der Waals surface area contributed by atoms with Gasteiger partial charge in [-0.3, -0.25) is 14.7 Å². The van der Waals surface area contributed by atoms with E-state index in [2.05, 4.69) is 25.8 Å². The molecule has 112 valence electrons. The molecule has 1 aromatic heterocycles. The summed E-state index contributed by atoms with van der Waals surface area (Å²) < 4.78 is 0. The molecule has 0 spiro atoms. The van der Waals surface area contributed by atoms with Crippen LogP contribution in [0.15, 0.2) is 0 Å². The molecule has 0 aliphatic carbocycles. The van der Waals surface area contributed by atoms with Gasteiger partial charge in [-0.1, -0.05) is 27.7 Å². The molecule has 0 aromatic carbocycles. The minimum absolute atomic E-state index is 0.0724. The Balaban J connectivity index is 2.30. The van der Waals surface area contributed by atoms with Crippen molar-refractivity contribution in [3.63, 3.8) is 0 Å². The lowest BCUT2D eigenvalue weighted by atomic mass is 10.2. The lowest BCUT2D eigenvalue weighted by Gasteiger charge is -2.07. The third-order valence-corrected chi connectivity index (χ3v) is 2.60. The van der Waals surface area contributed by atoms with Gasteiger partial charge in [0.05, 0.1) is 0 Å². The SMILES string of the molecule is CC(C)CNC(=O)CCNC(=O)c1n[nH]c(C(C)C)n1. The van der Waals surface area contributed by atoms with Gasteiger partial charge in [0.25, 0.3) is 5.91 Å². The quantitative estimate of drug-likeness (QED) is 0.689. The fourth-order valence-corrected chi connectivity index (χ4v) is 1.41. The van der Waals surface area contributed by atoms with E-state index < -0.39 is 0 Å². The number of amides is 2. The second-order valence-electron chi connectivity index (χ2n) is 5.40. The van der Waals surface area contributed by atoms with E-state index in [4.69, 9.17) is 0 Å². The predicted molar refractivity (Wildman–Crippen MR) is 75.3 cm³/mol. The predicted octanol–water partition coefficient (Wildman–Crippen LogP) is 0.820. The normalized spacial score (nSPS) is 10.9. The van der Waals surface area contributed by atoms with Gasteiger partial charge in [0.15, 0.2) is 0 Å². The van der Waals surface area contributed by atoms with E-state index >= 15 is 0 Å². The molecule has 7 nitrogen and oxygen atoms in total. The molecule has 1 heterocycles. The summed E-state index contributed by atoms with van der Waals surface area (Å²) in [6.07, 6.45) is 0.250. The maximum Gasteiger partial charge on any atom is 0.290 e. The number of aromatic nitrogens is 3. The minimum atomic E-state index is -0.371. The van der Waals surface area contributed by atoms with Crippen LogP contribution in [0.1, 0.15) is 56.5 Å². The fraction of sp³-hybridized carbons (Fsp3) is 0.692. The lowest BCUT2D eigenvalue weighted by molar-refractivity contribution is -0.121. The van der Waals surface area contributed by atoms with Crippen molar-refractivity contribution >= 4 is 11.8 Å². The summed E-state index contributed by atoms with van der Waals surface area (Å²) in [5.74, 6) is 0.935. The zero-order chi connectivity index (χ0) is 15.1. The van der Waals surface area contributed by atoms with E-state index in [9.17, 15) is 9.59 Å². The number of H-pyrrole nitrogens is 1. The highest BCUT2D eigenvalue weighted by molar-refractivity contribution is 5.90. The molecule has 7 heteroatoms. The van der Waals surface area contributed by atoms with Gasteiger partial charge < -0.3 is 10.6 Å². The third kappa shape index (κ3) is 5.38. The standard InChI is InChI=1S/C13H23N5O2/c1-8(2)7-15-10(19)5-6-14-13(20)12-16-11(9(3)4)17-18-12/h8-9H,5-7H2,1-4H3,(H,14,20)(H,15,19)(H,16,17,18). The molecule has 0 bridgehead atoms. The molecule has 3 N–H and O–H groups in total. The van der Waals surface area contributed by atoms with Crippen LogP contribution in [0.4, 0.5) is 0 Å². The number of carbonyl (C=O) groups excluding carboxylic acids is 2. The van der Waals surface area contributed by atoms with Gasteiger partial charge >= 0.3 is 0 Å².